The van der Waals surface area contributed by atoms with Gasteiger partial charge in [0.15, 0.2) is 0 Å². The number of nitrogens with zero attached hydrogens (tertiary/aromatic N) is 2. The summed E-state index contributed by atoms with van der Waals surface area (Å²) < 4.78 is 5.83. The molecule has 2 aromatic rings. The van der Waals surface area contributed by atoms with Gasteiger partial charge in [-0.2, -0.15) is 5.11 Å². The van der Waals surface area contributed by atoms with Gasteiger partial charge in [-0.15, -0.1) is 5.11 Å². The third-order valence-electron chi connectivity index (χ3n) is 3.46. The van der Waals surface area contributed by atoms with Gasteiger partial charge in [0.2, 0.25) is 5.91 Å². The van der Waals surface area contributed by atoms with E-state index in [9.17, 15) is 4.79 Å². The van der Waals surface area contributed by atoms with Crippen LogP contribution in [0.4, 0.5) is 11.4 Å². The first-order valence-electron chi connectivity index (χ1n) is 8.29. The number of azo groups is 1. The molecule has 0 spiro atoms. The molecule has 0 fully saturated rings. The van der Waals surface area contributed by atoms with Crippen LogP contribution in [0.2, 0.25) is 0 Å². The Morgan fingerprint density at radius 3 is 2.72 bits per heavy atom. The molecule has 0 saturated carbocycles. The monoisotopic (exact) mass is 337 g/mol. The number of rotatable bonds is 9. The lowest BCUT2D eigenvalue weighted by Crippen LogP contribution is -2.22. The van der Waals surface area contributed by atoms with Gasteiger partial charge in [-0.3, -0.25) is 4.79 Å². The van der Waals surface area contributed by atoms with Crippen molar-refractivity contribution in [1.29, 1.82) is 0 Å². The Bertz CT molecular complexity index is 727. The van der Waals surface area contributed by atoms with Gasteiger partial charge in [-0.1, -0.05) is 30.8 Å². The number of carbonyl (C=O) groups is 1. The van der Waals surface area contributed by atoms with Crippen LogP contribution in [0.3, 0.4) is 0 Å². The van der Waals surface area contributed by atoms with E-state index in [1.807, 2.05) is 55.5 Å². The molecule has 0 bridgehead atoms. The molecule has 0 aliphatic rings. The molecule has 0 unspecified atom stereocenters. The van der Waals surface area contributed by atoms with Crippen LogP contribution in [-0.2, 0) is 4.79 Å². The average Bonchev–Trinajstić information content (AvgIpc) is 2.64. The minimum Gasteiger partial charge on any atom is -0.491 e. The molecule has 0 aromatic heterocycles. The normalized spacial score (nSPS) is 10.6. The number of hydrogen-bond donors (Lipinski definition) is 1. The maximum atomic E-state index is 11.0. The molecule has 1 N–H and O–H groups in total. The van der Waals surface area contributed by atoms with Crippen LogP contribution >= 0.6 is 0 Å². The first-order valence-corrected chi connectivity index (χ1v) is 8.29. The first-order chi connectivity index (χ1) is 12.2. The lowest BCUT2D eigenvalue weighted by molar-refractivity contribution is -0.116. The molecule has 0 atom stereocenters. The van der Waals surface area contributed by atoms with Crippen LogP contribution in [0.25, 0.3) is 0 Å². The molecular weight excluding hydrogens is 314 g/mol. The highest BCUT2D eigenvalue weighted by Crippen LogP contribution is 2.30. The van der Waals surface area contributed by atoms with E-state index in [-0.39, 0.29) is 5.91 Å². The van der Waals surface area contributed by atoms with Crippen LogP contribution in [0.15, 0.2) is 71.4 Å². The molecule has 0 aliphatic carbocycles. The molecule has 0 heterocycles. The molecular formula is C20H23N3O2. The first kappa shape index (κ1) is 18.4. The van der Waals surface area contributed by atoms with Crippen molar-refractivity contribution >= 4 is 17.3 Å². The number of unbranched alkanes of at least 4 members (excludes halogenated alkanes) is 1. The number of amides is 1. The Morgan fingerprint density at radius 1 is 1.16 bits per heavy atom. The zero-order chi connectivity index (χ0) is 17.9. The van der Waals surface area contributed by atoms with Crippen LogP contribution in [-0.4, -0.2) is 19.1 Å². The van der Waals surface area contributed by atoms with Gasteiger partial charge in [0.1, 0.15) is 11.4 Å². The van der Waals surface area contributed by atoms with Crippen molar-refractivity contribution in [3.8, 4) is 5.75 Å². The molecule has 25 heavy (non-hydrogen) atoms. The third kappa shape index (κ3) is 6.59. The fraction of sp³-hybridized carbons (Fsp3) is 0.250. The largest absolute Gasteiger partial charge is 0.491 e. The SMILES string of the molecule is C=CC(=O)NCCCCOc1ccc(C)cc1/N=N/c1ccccc1. The predicted molar refractivity (Wildman–Crippen MR) is 99.7 cm³/mol. The van der Waals surface area contributed by atoms with Crippen LogP contribution in [0.5, 0.6) is 5.75 Å². The number of nitrogens with one attached hydrogen (secondary N) is 1. The Balaban J connectivity index is 1.89. The van der Waals surface area contributed by atoms with E-state index < -0.39 is 0 Å². The summed E-state index contributed by atoms with van der Waals surface area (Å²) in [6.45, 7) is 6.59. The van der Waals surface area contributed by atoms with E-state index in [1.165, 1.54) is 6.08 Å². The molecule has 5 nitrogen and oxygen atoms in total. The van der Waals surface area contributed by atoms with E-state index in [2.05, 4.69) is 22.1 Å². The minimum absolute atomic E-state index is 0.150. The van der Waals surface area contributed by atoms with E-state index >= 15 is 0 Å². The van der Waals surface area contributed by atoms with Crippen molar-refractivity contribution in [1.82, 2.24) is 5.32 Å². The Morgan fingerprint density at radius 2 is 1.96 bits per heavy atom. The quantitative estimate of drug-likeness (QED) is 0.403. The second kappa shape index (κ2) is 10.0. The molecule has 2 rings (SSSR count). The molecule has 0 saturated heterocycles. The van der Waals surface area contributed by atoms with Crippen LogP contribution in [0.1, 0.15) is 18.4 Å². The Hall–Kier alpha value is -2.95. The second-order valence-corrected chi connectivity index (χ2v) is 5.56. The van der Waals surface area contributed by atoms with E-state index in [0.29, 0.717) is 24.6 Å². The minimum atomic E-state index is -0.150. The summed E-state index contributed by atoms with van der Waals surface area (Å²) in [4.78, 5) is 11.0. The van der Waals surface area contributed by atoms with Gasteiger partial charge in [-0.05, 0) is 55.7 Å². The summed E-state index contributed by atoms with van der Waals surface area (Å²) in [6.07, 6.45) is 2.94. The fourth-order valence-corrected chi connectivity index (χ4v) is 2.13. The number of aryl methyl sites for hydroxylation is 1. The van der Waals surface area contributed by atoms with E-state index in [0.717, 1.165) is 24.1 Å². The van der Waals surface area contributed by atoms with Gasteiger partial charge in [0, 0.05) is 6.54 Å². The summed E-state index contributed by atoms with van der Waals surface area (Å²) >= 11 is 0. The van der Waals surface area contributed by atoms with Crippen molar-refractivity contribution < 1.29 is 9.53 Å². The predicted octanol–water partition coefficient (Wildman–Crippen LogP) is 4.87. The van der Waals surface area contributed by atoms with Crippen molar-refractivity contribution in [2.24, 2.45) is 10.2 Å². The summed E-state index contributed by atoms with van der Waals surface area (Å²) in [7, 11) is 0. The van der Waals surface area contributed by atoms with Crippen molar-refractivity contribution in [3.05, 3.63) is 66.7 Å². The van der Waals surface area contributed by atoms with Gasteiger partial charge in [-0.25, -0.2) is 0 Å². The van der Waals surface area contributed by atoms with Crippen molar-refractivity contribution in [2.45, 2.75) is 19.8 Å². The fourth-order valence-electron chi connectivity index (χ4n) is 2.13. The maximum absolute atomic E-state index is 11.0. The number of carbonyl (C=O) groups excluding carboxylic acids is 1. The summed E-state index contributed by atoms with van der Waals surface area (Å²) in [5, 5.41) is 11.3. The Labute approximate surface area is 148 Å². The van der Waals surface area contributed by atoms with Gasteiger partial charge >= 0.3 is 0 Å². The zero-order valence-electron chi connectivity index (χ0n) is 14.4. The highest BCUT2D eigenvalue weighted by atomic mass is 16.5. The standard InChI is InChI=1S/C20H23N3O2/c1-3-20(24)21-13-7-8-14-25-19-12-11-16(2)15-18(19)23-22-17-9-5-4-6-10-17/h3-6,9-12,15H,1,7-8,13-14H2,2H3,(H,21,24)/b23-22+. The molecule has 130 valence electrons. The second-order valence-electron chi connectivity index (χ2n) is 5.56. The number of hydrogen-bond acceptors (Lipinski definition) is 4. The van der Waals surface area contributed by atoms with Crippen molar-refractivity contribution in [3.63, 3.8) is 0 Å². The maximum Gasteiger partial charge on any atom is 0.243 e. The zero-order valence-corrected chi connectivity index (χ0v) is 14.4. The van der Waals surface area contributed by atoms with Crippen molar-refractivity contribution in [2.75, 3.05) is 13.2 Å². The van der Waals surface area contributed by atoms with E-state index in [1.54, 1.807) is 0 Å². The molecule has 0 radical (unpaired) electrons. The topological polar surface area (TPSA) is 63.0 Å². The number of ether oxygens (including phenoxy) is 1. The molecule has 1 amide bonds. The smallest absolute Gasteiger partial charge is 0.243 e. The van der Waals surface area contributed by atoms with Gasteiger partial charge in [0.25, 0.3) is 0 Å². The van der Waals surface area contributed by atoms with E-state index in [4.69, 9.17) is 4.74 Å². The highest BCUT2D eigenvalue weighted by Gasteiger charge is 2.04. The lowest BCUT2D eigenvalue weighted by atomic mass is 10.2. The molecule has 0 aliphatic heterocycles. The molecule has 2 aromatic carbocycles. The highest BCUT2D eigenvalue weighted by molar-refractivity contribution is 5.86. The van der Waals surface area contributed by atoms with Crippen LogP contribution in [0, 0.1) is 6.92 Å². The molecule has 5 heteroatoms. The lowest BCUT2D eigenvalue weighted by Gasteiger charge is -2.09. The average molecular weight is 337 g/mol. The van der Waals surface area contributed by atoms with Gasteiger partial charge < -0.3 is 10.1 Å². The summed E-state index contributed by atoms with van der Waals surface area (Å²) in [5.74, 6) is 0.559. The summed E-state index contributed by atoms with van der Waals surface area (Å²) in [5.41, 5.74) is 2.61. The Kier molecular flexibility index (Phi) is 7.38. The van der Waals surface area contributed by atoms with Gasteiger partial charge in [0.05, 0.1) is 12.3 Å². The third-order valence-corrected chi connectivity index (χ3v) is 3.46. The van der Waals surface area contributed by atoms with Crippen LogP contribution < -0.4 is 10.1 Å². The number of benzene rings is 2. The summed E-state index contributed by atoms with van der Waals surface area (Å²) in [6, 6.07) is 15.4.